The minimum Gasteiger partial charge on any atom is -0.376 e. The molecule has 0 saturated carbocycles. The molecule has 4 aromatic rings. The zero-order valence-corrected chi connectivity index (χ0v) is 19.0. The van der Waals surface area contributed by atoms with Gasteiger partial charge in [-0.2, -0.15) is 0 Å². The Labute approximate surface area is 197 Å². The normalized spacial score (nSPS) is 16.1. The molecule has 33 heavy (non-hydrogen) atoms. The lowest BCUT2D eigenvalue weighted by Gasteiger charge is -2.15. The SMILES string of the molecule is O=C(Nc1sc(=Nc2ccccc2)n(CC2CCCO2)c1-c1ccccc1)c1ccccc1. The molecule has 1 amide bonds. The Kier molecular flexibility index (Phi) is 6.46. The van der Waals surface area contributed by atoms with Gasteiger partial charge >= 0.3 is 0 Å². The van der Waals surface area contributed by atoms with Gasteiger partial charge in [-0.15, -0.1) is 0 Å². The summed E-state index contributed by atoms with van der Waals surface area (Å²) >= 11 is 1.49. The number of anilines is 1. The number of hydrogen-bond acceptors (Lipinski definition) is 4. The van der Waals surface area contributed by atoms with Crippen LogP contribution in [-0.2, 0) is 11.3 Å². The fraction of sp³-hybridized carbons (Fsp3) is 0.185. The average Bonchev–Trinajstić information content (AvgIpc) is 3.49. The summed E-state index contributed by atoms with van der Waals surface area (Å²) in [5.41, 5.74) is 3.48. The van der Waals surface area contributed by atoms with Crippen molar-refractivity contribution in [1.29, 1.82) is 0 Å². The molecule has 2 heterocycles. The molecule has 1 aliphatic rings. The molecule has 166 valence electrons. The minimum atomic E-state index is -0.135. The molecule has 0 spiro atoms. The Morgan fingerprint density at radius 2 is 1.64 bits per heavy atom. The zero-order chi connectivity index (χ0) is 22.5. The smallest absolute Gasteiger partial charge is 0.256 e. The van der Waals surface area contributed by atoms with Gasteiger partial charge in [-0.25, -0.2) is 4.99 Å². The van der Waals surface area contributed by atoms with E-state index in [4.69, 9.17) is 9.73 Å². The second-order valence-corrected chi connectivity index (χ2v) is 8.92. The van der Waals surface area contributed by atoms with Gasteiger partial charge in [0.15, 0.2) is 4.80 Å². The van der Waals surface area contributed by atoms with Crippen molar-refractivity contribution in [2.24, 2.45) is 4.99 Å². The van der Waals surface area contributed by atoms with Crippen LogP contribution in [0.25, 0.3) is 11.3 Å². The van der Waals surface area contributed by atoms with E-state index in [1.54, 1.807) is 0 Å². The number of hydrogen-bond donors (Lipinski definition) is 1. The lowest BCUT2D eigenvalue weighted by molar-refractivity contribution is 0.0968. The lowest BCUT2D eigenvalue weighted by atomic mass is 10.1. The van der Waals surface area contributed by atoms with E-state index in [1.807, 2.05) is 78.9 Å². The maximum Gasteiger partial charge on any atom is 0.256 e. The standard InChI is InChI=1S/C27H25N3O2S/c31-25(21-13-6-2-7-14-21)29-26-24(20-11-4-1-5-12-20)30(19-23-17-10-18-32-23)27(33-26)28-22-15-8-3-9-16-22/h1-9,11-16,23H,10,17-19H2,(H,29,31). The van der Waals surface area contributed by atoms with Crippen molar-refractivity contribution in [2.45, 2.75) is 25.5 Å². The van der Waals surface area contributed by atoms with E-state index in [9.17, 15) is 4.79 Å². The molecule has 3 aromatic carbocycles. The summed E-state index contributed by atoms with van der Waals surface area (Å²) in [5, 5.41) is 3.94. The molecule has 1 N–H and O–H groups in total. The molecule has 0 bridgehead atoms. The molecule has 1 aliphatic heterocycles. The summed E-state index contributed by atoms with van der Waals surface area (Å²) in [6, 6.07) is 29.4. The van der Waals surface area contributed by atoms with Crippen molar-refractivity contribution in [2.75, 3.05) is 11.9 Å². The van der Waals surface area contributed by atoms with Crippen LogP contribution < -0.4 is 10.1 Å². The number of benzene rings is 3. The minimum absolute atomic E-state index is 0.134. The van der Waals surface area contributed by atoms with Gasteiger partial charge in [-0.05, 0) is 37.1 Å². The van der Waals surface area contributed by atoms with Gasteiger partial charge in [0.05, 0.1) is 24.0 Å². The zero-order valence-electron chi connectivity index (χ0n) is 18.2. The van der Waals surface area contributed by atoms with Gasteiger partial charge in [0.2, 0.25) is 0 Å². The van der Waals surface area contributed by atoms with E-state index in [0.717, 1.165) is 46.2 Å². The van der Waals surface area contributed by atoms with Crippen molar-refractivity contribution in [3.63, 3.8) is 0 Å². The fourth-order valence-electron chi connectivity index (χ4n) is 4.00. The van der Waals surface area contributed by atoms with Crippen molar-refractivity contribution in [3.8, 4) is 11.3 Å². The third kappa shape index (κ3) is 4.97. The van der Waals surface area contributed by atoms with E-state index in [-0.39, 0.29) is 12.0 Å². The van der Waals surface area contributed by atoms with Crippen molar-refractivity contribution in [1.82, 2.24) is 4.57 Å². The van der Waals surface area contributed by atoms with Crippen LogP contribution in [0.1, 0.15) is 23.2 Å². The van der Waals surface area contributed by atoms with Crippen molar-refractivity contribution >= 4 is 27.9 Å². The van der Waals surface area contributed by atoms with Gasteiger partial charge in [0, 0.05) is 17.7 Å². The first kappa shape index (κ1) is 21.4. The predicted molar refractivity (Wildman–Crippen MR) is 133 cm³/mol. The molecule has 1 atom stereocenters. The molecule has 5 rings (SSSR count). The van der Waals surface area contributed by atoms with Crippen LogP contribution in [-0.4, -0.2) is 23.2 Å². The number of amides is 1. The summed E-state index contributed by atoms with van der Waals surface area (Å²) in [4.78, 5) is 18.8. The topological polar surface area (TPSA) is 55.6 Å². The molecule has 1 saturated heterocycles. The number of thiazole rings is 1. The summed E-state index contributed by atoms with van der Waals surface area (Å²) in [6.07, 6.45) is 2.22. The fourth-order valence-corrected chi connectivity index (χ4v) is 5.08. The van der Waals surface area contributed by atoms with E-state index in [1.165, 1.54) is 11.3 Å². The van der Waals surface area contributed by atoms with Crippen molar-refractivity contribution in [3.05, 3.63) is 101 Å². The van der Waals surface area contributed by atoms with E-state index < -0.39 is 0 Å². The van der Waals surface area contributed by atoms with Gasteiger partial charge in [0.25, 0.3) is 5.91 Å². The van der Waals surface area contributed by atoms with Crippen LogP contribution in [0.4, 0.5) is 10.7 Å². The summed E-state index contributed by atoms with van der Waals surface area (Å²) in [6.45, 7) is 1.48. The highest BCUT2D eigenvalue weighted by Gasteiger charge is 2.23. The number of carbonyl (C=O) groups is 1. The third-order valence-corrected chi connectivity index (χ3v) is 6.60. The van der Waals surface area contributed by atoms with Crippen molar-refractivity contribution < 1.29 is 9.53 Å². The summed E-state index contributed by atoms with van der Waals surface area (Å²) in [7, 11) is 0. The second-order valence-electron chi connectivity index (χ2n) is 7.94. The van der Waals surface area contributed by atoms with Gasteiger partial charge in [0.1, 0.15) is 5.00 Å². The highest BCUT2D eigenvalue weighted by molar-refractivity contribution is 7.14. The third-order valence-electron chi connectivity index (χ3n) is 5.61. The van der Waals surface area contributed by atoms with Crippen LogP contribution >= 0.6 is 11.3 Å². The van der Waals surface area contributed by atoms with E-state index in [0.29, 0.717) is 12.1 Å². The molecule has 0 radical (unpaired) electrons. The van der Waals surface area contributed by atoms with E-state index in [2.05, 4.69) is 22.0 Å². The number of para-hydroxylation sites is 1. The van der Waals surface area contributed by atoms with Crippen LogP contribution in [0.5, 0.6) is 0 Å². The molecule has 1 aromatic heterocycles. The Bertz CT molecular complexity index is 1280. The number of aromatic nitrogens is 1. The maximum absolute atomic E-state index is 13.1. The largest absolute Gasteiger partial charge is 0.376 e. The number of nitrogens with zero attached hydrogens (tertiary/aromatic N) is 2. The summed E-state index contributed by atoms with van der Waals surface area (Å²) < 4.78 is 8.17. The Hall–Kier alpha value is -3.48. The lowest BCUT2D eigenvalue weighted by Crippen LogP contribution is -2.24. The number of rotatable bonds is 6. The number of carbonyl (C=O) groups excluding carboxylic acids is 1. The second kappa shape index (κ2) is 9.98. The first-order chi connectivity index (χ1) is 16.3. The summed E-state index contributed by atoms with van der Waals surface area (Å²) in [5.74, 6) is -0.135. The quantitative estimate of drug-likeness (QED) is 0.395. The maximum atomic E-state index is 13.1. The van der Waals surface area contributed by atoms with Crippen LogP contribution in [0.15, 0.2) is 96.0 Å². The van der Waals surface area contributed by atoms with Gasteiger partial charge < -0.3 is 14.6 Å². The Morgan fingerprint density at radius 1 is 0.970 bits per heavy atom. The molecular weight excluding hydrogens is 430 g/mol. The first-order valence-corrected chi connectivity index (χ1v) is 12.0. The number of nitrogens with one attached hydrogen (secondary N) is 1. The number of ether oxygens (including phenoxy) is 1. The van der Waals surface area contributed by atoms with Gasteiger partial charge in [-0.3, -0.25) is 4.79 Å². The molecular formula is C27H25N3O2S. The molecule has 1 unspecified atom stereocenters. The first-order valence-electron chi connectivity index (χ1n) is 11.1. The highest BCUT2D eigenvalue weighted by atomic mass is 32.1. The molecule has 0 aliphatic carbocycles. The molecule has 5 nitrogen and oxygen atoms in total. The van der Waals surface area contributed by atoms with Crippen LogP contribution in [0, 0.1) is 0 Å². The predicted octanol–water partition coefficient (Wildman–Crippen LogP) is 5.88. The van der Waals surface area contributed by atoms with Gasteiger partial charge in [-0.1, -0.05) is 78.1 Å². The molecule has 6 heteroatoms. The average molecular weight is 456 g/mol. The van der Waals surface area contributed by atoms with E-state index >= 15 is 0 Å². The van der Waals surface area contributed by atoms with Crippen LogP contribution in [0.2, 0.25) is 0 Å². The monoisotopic (exact) mass is 455 g/mol. The molecule has 1 fully saturated rings. The Balaban J connectivity index is 1.65. The van der Waals surface area contributed by atoms with Crippen LogP contribution in [0.3, 0.4) is 0 Å². The highest BCUT2D eigenvalue weighted by Crippen LogP contribution is 2.32. The Morgan fingerprint density at radius 3 is 2.30 bits per heavy atom.